The molecule has 2 heterocycles. The van der Waals surface area contributed by atoms with Gasteiger partial charge in [-0.3, -0.25) is 9.59 Å². The molecule has 0 bridgehead atoms. The number of carbonyl (C=O) groups excluding carboxylic acids is 2. The molecule has 2 atom stereocenters. The van der Waals surface area contributed by atoms with Gasteiger partial charge in [0, 0.05) is 23.9 Å². The molecule has 2 unspecified atom stereocenters. The Morgan fingerprint density at radius 2 is 1.88 bits per heavy atom. The number of aromatic nitrogens is 1. The number of hydrogen-bond donors (Lipinski definition) is 2. The molecule has 0 saturated carbocycles. The number of anilines is 1. The summed E-state index contributed by atoms with van der Waals surface area (Å²) in [7, 11) is 0. The number of phenols is 1. The van der Waals surface area contributed by atoms with Crippen LogP contribution in [0.25, 0.3) is 5.57 Å². The van der Waals surface area contributed by atoms with E-state index in [1.807, 2.05) is 12.2 Å². The monoisotopic (exact) mass is 581 g/mol. The van der Waals surface area contributed by atoms with Crippen LogP contribution in [0.15, 0.2) is 96.7 Å². The highest BCUT2D eigenvalue weighted by Gasteiger charge is 2.38. The van der Waals surface area contributed by atoms with Crippen LogP contribution in [-0.4, -0.2) is 33.3 Å². The zero-order valence-electron chi connectivity index (χ0n) is 25.1. The third kappa shape index (κ3) is 7.66. The van der Waals surface area contributed by atoms with Crippen molar-refractivity contribution in [1.29, 1.82) is 0 Å². The Balaban J connectivity index is 1.54. The molecule has 2 N–H and O–H groups in total. The van der Waals surface area contributed by atoms with E-state index in [4.69, 9.17) is 0 Å². The number of aromatic hydroxyl groups is 1. The summed E-state index contributed by atoms with van der Waals surface area (Å²) in [5, 5.41) is 13.3. The summed E-state index contributed by atoms with van der Waals surface area (Å²) in [5.74, 6) is -1.08. The SMILES string of the molecule is C=C(/C=C\C1=C(C)C(=O)N(C(C(=O)Nc2ccccn2)c2cc(F)ccc2O)C1)c1ccc(C(CCC)CCCC)cc1. The fraction of sp³-hybridized carbons (Fsp3) is 0.306. The van der Waals surface area contributed by atoms with E-state index in [2.05, 4.69) is 55.0 Å². The molecule has 3 aromatic rings. The maximum atomic E-state index is 14.3. The smallest absolute Gasteiger partial charge is 0.253 e. The third-order valence-electron chi connectivity index (χ3n) is 7.95. The lowest BCUT2D eigenvalue weighted by atomic mass is 9.89. The van der Waals surface area contributed by atoms with Crippen LogP contribution in [0.3, 0.4) is 0 Å². The number of nitrogens with one attached hydrogen (secondary N) is 1. The van der Waals surface area contributed by atoms with Crippen molar-refractivity contribution in [2.24, 2.45) is 0 Å². The average molecular weight is 582 g/mol. The van der Waals surface area contributed by atoms with Gasteiger partial charge in [0.25, 0.3) is 11.8 Å². The van der Waals surface area contributed by atoms with Crippen molar-refractivity contribution < 1.29 is 19.1 Å². The van der Waals surface area contributed by atoms with Crippen molar-refractivity contribution >= 4 is 23.2 Å². The topological polar surface area (TPSA) is 82.5 Å². The summed E-state index contributed by atoms with van der Waals surface area (Å²) in [5.41, 5.74) is 4.29. The Labute approximate surface area is 253 Å². The molecule has 224 valence electrons. The quantitative estimate of drug-likeness (QED) is 0.200. The second-order valence-corrected chi connectivity index (χ2v) is 11.0. The number of halogens is 1. The van der Waals surface area contributed by atoms with Crippen LogP contribution >= 0.6 is 0 Å². The van der Waals surface area contributed by atoms with Crippen LogP contribution in [0.1, 0.15) is 81.5 Å². The zero-order valence-corrected chi connectivity index (χ0v) is 25.1. The van der Waals surface area contributed by atoms with Crippen LogP contribution < -0.4 is 5.32 Å². The number of phenolic OH excluding ortho intramolecular Hbond substituents is 1. The van der Waals surface area contributed by atoms with Gasteiger partial charge in [-0.25, -0.2) is 9.37 Å². The minimum absolute atomic E-state index is 0.00961. The first-order valence-electron chi connectivity index (χ1n) is 14.9. The van der Waals surface area contributed by atoms with E-state index in [0.29, 0.717) is 17.1 Å². The maximum absolute atomic E-state index is 14.3. The molecule has 43 heavy (non-hydrogen) atoms. The zero-order chi connectivity index (χ0) is 30.9. The lowest BCUT2D eigenvalue weighted by molar-refractivity contribution is -0.134. The number of hydrogen-bond acceptors (Lipinski definition) is 4. The number of unbranched alkanes of at least 4 members (excludes halogenated alkanes) is 1. The van der Waals surface area contributed by atoms with Crippen molar-refractivity contribution in [3.8, 4) is 5.75 Å². The van der Waals surface area contributed by atoms with Crippen molar-refractivity contribution in [2.75, 3.05) is 11.9 Å². The highest BCUT2D eigenvalue weighted by molar-refractivity contribution is 6.03. The molecule has 0 saturated heterocycles. The first kappa shape index (κ1) is 31.4. The lowest BCUT2D eigenvalue weighted by Gasteiger charge is -2.28. The molecule has 7 heteroatoms. The minimum atomic E-state index is -1.29. The standard InChI is InChI=1S/C36H40FN3O3/c1-5-7-11-27(10-6-2)28-17-15-26(16-18-28)24(3)13-14-29-23-40(36(43)25(29)4)34(31-22-30(37)19-20-32(31)41)35(42)39-33-12-8-9-21-38-33/h8-9,12-22,27,34,41H,3,5-7,10-11,23H2,1-2,4H3,(H,38,39,42)/b14-13-. The first-order chi connectivity index (χ1) is 20.7. The van der Waals surface area contributed by atoms with E-state index in [1.165, 1.54) is 48.4 Å². The molecule has 0 radical (unpaired) electrons. The Bertz CT molecular complexity index is 1510. The summed E-state index contributed by atoms with van der Waals surface area (Å²) >= 11 is 0. The van der Waals surface area contributed by atoms with Crippen LogP contribution in [0.5, 0.6) is 5.75 Å². The highest BCUT2D eigenvalue weighted by Crippen LogP contribution is 2.36. The van der Waals surface area contributed by atoms with Gasteiger partial charge in [0.15, 0.2) is 0 Å². The van der Waals surface area contributed by atoms with Gasteiger partial charge in [0.2, 0.25) is 0 Å². The number of carbonyl (C=O) groups is 2. The molecule has 6 nitrogen and oxygen atoms in total. The van der Waals surface area contributed by atoms with Gasteiger partial charge in [-0.2, -0.15) is 0 Å². The van der Waals surface area contributed by atoms with Gasteiger partial charge in [0.05, 0.1) is 0 Å². The van der Waals surface area contributed by atoms with E-state index < -0.39 is 17.8 Å². The van der Waals surface area contributed by atoms with Crippen molar-refractivity contribution in [1.82, 2.24) is 9.88 Å². The summed E-state index contributed by atoms with van der Waals surface area (Å²) in [4.78, 5) is 32.4. The molecule has 1 aliphatic rings. The fourth-order valence-corrected chi connectivity index (χ4v) is 5.48. The number of benzene rings is 2. The molecule has 0 fully saturated rings. The molecule has 4 rings (SSSR count). The number of rotatable bonds is 13. The normalized spacial score (nSPS) is 14.8. The average Bonchev–Trinajstić information content (AvgIpc) is 3.29. The van der Waals surface area contributed by atoms with Gasteiger partial charge in [-0.05, 0) is 78.3 Å². The van der Waals surface area contributed by atoms with Crippen molar-refractivity contribution in [3.63, 3.8) is 0 Å². The first-order valence-corrected chi connectivity index (χ1v) is 14.9. The lowest BCUT2D eigenvalue weighted by Crippen LogP contribution is -2.39. The summed E-state index contributed by atoms with van der Waals surface area (Å²) in [6.07, 6.45) is 11.2. The fourth-order valence-electron chi connectivity index (χ4n) is 5.48. The van der Waals surface area contributed by atoms with Gasteiger partial charge in [0.1, 0.15) is 23.4 Å². The van der Waals surface area contributed by atoms with Gasteiger partial charge in [-0.15, -0.1) is 0 Å². The third-order valence-corrected chi connectivity index (χ3v) is 7.95. The van der Waals surface area contributed by atoms with Crippen molar-refractivity contribution in [2.45, 2.75) is 64.8 Å². The molecular formula is C36H40FN3O3. The van der Waals surface area contributed by atoms with Crippen LogP contribution in [0.2, 0.25) is 0 Å². The molecule has 1 aromatic heterocycles. The number of amides is 2. The highest BCUT2D eigenvalue weighted by atomic mass is 19.1. The van der Waals surface area contributed by atoms with E-state index in [-0.39, 0.29) is 29.6 Å². The number of nitrogens with zero attached hydrogens (tertiary/aromatic N) is 2. The van der Waals surface area contributed by atoms with Crippen molar-refractivity contribution in [3.05, 3.63) is 119 Å². The van der Waals surface area contributed by atoms with Gasteiger partial charge in [-0.1, -0.05) is 82.2 Å². The van der Waals surface area contributed by atoms with Gasteiger partial charge >= 0.3 is 0 Å². The molecule has 2 aromatic carbocycles. The molecular weight excluding hydrogens is 541 g/mol. The summed E-state index contributed by atoms with van der Waals surface area (Å²) in [6, 6.07) is 15.7. The summed E-state index contributed by atoms with van der Waals surface area (Å²) < 4.78 is 14.3. The Morgan fingerprint density at radius 1 is 1.12 bits per heavy atom. The number of pyridine rings is 1. The second kappa shape index (κ2) is 14.6. The van der Waals surface area contributed by atoms with E-state index in [0.717, 1.165) is 29.7 Å². The van der Waals surface area contributed by atoms with Crippen LogP contribution in [0, 0.1) is 5.82 Å². The van der Waals surface area contributed by atoms with E-state index >= 15 is 0 Å². The van der Waals surface area contributed by atoms with E-state index in [1.54, 1.807) is 25.1 Å². The molecule has 1 aliphatic heterocycles. The summed E-state index contributed by atoms with van der Waals surface area (Å²) in [6.45, 7) is 10.5. The Hall–Kier alpha value is -4.52. The minimum Gasteiger partial charge on any atom is -0.508 e. The molecule has 0 aliphatic carbocycles. The molecule has 2 amide bonds. The molecule has 0 spiro atoms. The van der Waals surface area contributed by atoms with Gasteiger partial charge < -0.3 is 15.3 Å². The predicted molar refractivity (Wildman–Crippen MR) is 170 cm³/mol. The maximum Gasteiger partial charge on any atom is 0.253 e. The Kier molecular flexibility index (Phi) is 10.7. The Morgan fingerprint density at radius 3 is 2.56 bits per heavy atom. The number of allylic oxidation sites excluding steroid dienone is 2. The predicted octanol–water partition coefficient (Wildman–Crippen LogP) is 8.11. The van der Waals surface area contributed by atoms with Crippen LogP contribution in [-0.2, 0) is 9.59 Å². The van der Waals surface area contributed by atoms with Crippen LogP contribution in [0.4, 0.5) is 10.2 Å². The largest absolute Gasteiger partial charge is 0.508 e. The van der Waals surface area contributed by atoms with E-state index in [9.17, 15) is 19.1 Å². The second-order valence-electron chi connectivity index (χ2n) is 11.0.